The van der Waals surface area contributed by atoms with Crippen molar-refractivity contribution >= 4 is 17.4 Å². The summed E-state index contributed by atoms with van der Waals surface area (Å²) in [6, 6.07) is 6.15. The summed E-state index contributed by atoms with van der Waals surface area (Å²) >= 11 is 0. The maximum atomic E-state index is 12.2. The van der Waals surface area contributed by atoms with Crippen LogP contribution < -0.4 is 10.1 Å². The van der Waals surface area contributed by atoms with E-state index in [1.54, 1.807) is 32.9 Å². The van der Waals surface area contributed by atoms with Gasteiger partial charge in [0.05, 0.1) is 4.92 Å². The Kier molecular flexibility index (Phi) is 4.95. The van der Waals surface area contributed by atoms with E-state index in [0.29, 0.717) is 12.2 Å². The lowest BCUT2D eigenvalue weighted by Crippen LogP contribution is -2.32. The zero-order chi connectivity index (χ0) is 17.0. The van der Waals surface area contributed by atoms with Gasteiger partial charge in [-0.05, 0) is 31.9 Å². The first-order chi connectivity index (χ1) is 10.9. The van der Waals surface area contributed by atoms with Crippen LogP contribution in [-0.4, -0.2) is 22.1 Å². The number of amides is 1. The standard InChI is InChI=1S/C15H17N3O5/c1-4-12(15(19)16-14-8-10(3)23-17-14)22-13-6-5-9(2)7-11(13)18(20)21/h5-8,12H,4H2,1-3H3,(H,16,17,19). The van der Waals surface area contributed by atoms with Gasteiger partial charge in [0.15, 0.2) is 17.7 Å². The fraction of sp³-hybridized carbons (Fsp3) is 0.333. The van der Waals surface area contributed by atoms with Crippen LogP contribution in [0.3, 0.4) is 0 Å². The van der Waals surface area contributed by atoms with E-state index in [1.807, 2.05) is 0 Å². The Labute approximate surface area is 132 Å². The lowest BCUT2D eigenvalue weighted by molar-refractivity contribution is -0.386. The van der Waals surface area contributed by atoms with Gasteiger partial charge in [-0.2, -0.15) is 0 Å². The van der Waals surface area contributed by atoms with Crippen LogP contribution in [-0.2, 0) is 4.79 Å². The average molecular weight is 319 g/mol. The highest BCUT2D eigenvalue weighted by Crippen LogP contribution is 2.29. The molecule has 1 N–H and O–H groups in total. The summed E-state index contributed by atoms with van der Waals surface area (Å²) in [5, 5.41) is 17.3. The van der Waals surface area contributed by atoms with Crippen LogP contribution in [0.2, 0.25) is 0 Å². The Morgan fingerprint density at radius 2 is 2.17 bits per heavy atom. The first-order valence-electron chi connectivity index (χ1n) is 7.06. The maximum Gasteiger partial charge on any atom is 0.311 e. The number of rotatable bonds is 6. The Morgan fingerprint density at radius 1 is 1.43 bits per heavy atom. The highest BCUT2D eigenvalue weighted by atomic mass is 16.6. The number of ether oxygens (including phenoxy) is 1. The molecule has 23 heavy (non-hydrogen) atoms. The molecule has 1 atom stereocenters. The Balaban J connectivity index is 2.16. The largest absolute Gasteiger partial charge is 0.473 e. The van der Waals surface area contributed by atoms with Crippen LogP contribution >= 0.6 is 0 Å². The van der Waals surface area contributed by atoms with E-state index in [9.17, 15) is 14.9 Å². The summed E-state index contributed by atoms with van der Waals surface area (Å²) < 4.78 is 10.4. The number of benzene rings is 1. The fourth-order valence-electron chi connectivity index (χ4n) is 1.98. The quantitative estimate of drug-likeness (QED) is 0.647. The summed E-state index contributed by atoms with van der Waals surface area (Å²) in [6.45, 7) is 5.19. The van der Waals surface area contributed by atoms with Gasteiger partial charge in [0.1, 0.15) is 5.76 Å². The van der Waals surface area contributed by atoms with Gasteiger partial charge in [-0.3, -0.25) is 14.9 Å². The number of nitro groups is 1. The van der Waals surface area contributed by atoms with E-state index >= 15 is 0 Å². The number of nitro benzene ring substituents is 1. The predicted molar refractivity (Wildman–Crippen MR) is 82.4 cm³/mol. The third kappa shape index (κ3) is 4.06. The second-order valence-electron chi connectivity index (χ2n) is 5.06. The van der Waals surface area contributed by atoms with Gasteiger partial charge in [-0.1, -0.05) is 18.1 Å². The van der Waals surface area contributed by atoms with E-state index in [-0.39, 0.29) is 17.3 Å². The minimum absolute atomic E-state index is 0.0546. The van der Waals surface area contributed by atoms with E-state index in [2.05, 4.69) is 10.5 Å². The van der Waals surface area contributed by atoms with Crippen LogP contribution in [0, 0.1) is 24.0 Å². The third-order valence-corrected chi connectivity index (χ3v) is 3.12. The van der Waals surface area contributed by atoms with E-state index in [1.165, 1.54) is 12.1 Å². The molecule has 0 bridgehead atoms. The number of carbonyl (C=O) groups is 1. The van der Waals surface area contributed by atoms with Crippen molar-refractivity contribution in [3.05, 3.63) is 45.7 Å². The number of hydrogen-bond acceptors (Lipinski definition) is 6. The first-order valence-corrected chi connectivity index (χ1v) is 7.06. The molecular weight excluding hydrogens is 302 g/mol. The molecule has 8 nitrogen and oxygen atoms in total. The smallest absolute Gasteiger partial charge is 0.311 e. The molecule has 1 aromatic carbocycles. The summed E-state index contributed by atoms with van der Waals surface area (Å²) in [5.74, 6) is 0.436. The zero-order valence-electron chi connectivity index (χ0n) is 13.0. The van der Waals surface area contributed by atoms with E-state index in [4.69, 9.17) is 9.26 Å². The van der Waals surface area contributed by atoms with Crippen molar-refractivity contribution in [3.63, 3.8) is 0 Å². The van der Waals surface area contributed by atoms with Gasteiger partial charge in [0.25, 0.3) is 5.91 Å². The van der Waals surface area contributed by atoms with Crippen LogP contribution in [0.5, 0.6) is 5.75 Å². The summed E-state index contributed by atoms with van der Waals surface area (Å²) in [6.07, 6.45) is -0.540. The van der Waals surface area contributed by atoms with Gasteiger partial charge < -0.3 is 14.6 Å². The molecule has 1 heterocycles. The molecule has 0 saturated heterocycles. The molecule has 2 rings (SSSR count). The minimum atomic E-state index is -0.881. The molecule has 0 spiro atoms. The molecule has 1 amide bonds. The maximum absolute atomic E-state index is 12.2. The number of carbonyl (C=O) groups excluding carboxylic acids is 1. The Bertz CT molecular complexity index is 726. The van der Waals surface area contributed by atoms with Gasteiger partial charge in [0, 0.05) is 12.1 Å². The molecule has 0 aliphatic rings. The van der Waals surface area contributed by atoms with Crippen LogP contribution in [0.15, 0.2) is 28.8 Å². The Hall–Kier alpha value is -2.90. The number of hydrogen-bond donors (Lipinski definition) is 1. The van der Waals surface area contributed by atoms with E-state index in [0.717, 1.165) is 5.56 Å². The van der Waals surface area contributed by atoms with Gasteiger partial charge in [-0.25, -0.2) is 0 Å². The van der Waals surface area contributed by atoms with Crippen molar-refractivity contribution in [2.24, 2.45) is 0 Å². The van der Waals surface area contributed by atoms with Crippen molar-refractivity contribution in [2.75, 3.05) is 5.32 Å². The van der Waals surface area contributed by atoms with Crippen molar-refractivity contribution in [2.45, 2.75) is 33.3 Å². The molecule has 0 fully saturated rings. The predicted octanol–water partition coefficient (Wildman–Crippen LogP) is 3.00. The lowest BCUT2D eigenvalue weighted by Gasteiger charge is -2.16. The molecule has 122 valence electrons. The topological polar surface area (TPSA) is 108 Å². The number of nitrogens with zero attached hydrogens (tertiary/aromatic N) is 2. The highest BCUT2D eigenvalue weighted by Gasteiger charge is 2.24. The number of anilines is 1. The molecule has 1 unspecified atom stereocenters. The third-order valence-electron chi connectivity index (χ3n) is 3.12. The zero-order valence-corrected chi connectivity index (χ0v) is 13.0. The molecule has 0 aliphatic carbocycles. The van der Waals surface area contributed by atoms with Crippen molar-refractivity contribution in [3.8, 4) is 5.75 Å². The molecule has 8 heteroatoms. The Morgan fingerprint density at radius 3 is 2.74 bits per heavy atom. The van der Waals surface area contributed by atoms with Crippen molar-refractivity contribution in [1.82, 2.24) is 5.16 Å². The van der Waals surface area contributed by atoms with Gasteiger partial charge in [-0.15, -0.1) is 0 Å². The number of aryl methyl sites for hydroxylation is 2. The average Bonchev–Trinajstić information content (AvgIpc) is 2.90. The van der Waals surface area contributed by atoms with Crippen LogP contribution in [0.4, 0.5) is 11.5 Å². The molecule has 1 aromatic heterocycles. The summed E-state index contributed by atoms with van der Waals surface area (Å²) in [5.41, 5.74) is 0.563. The highest BCUT2D eigenvalue weighted by molar-refractivity contribution is 5.93. The minimum Gasteiger partial charge on any atom is -0.473 e. The number of nitrogens with one attached hydrogen (secondary N) is 1. The van der Waals surface area contributed by atoms with Crippen molar-refractivity contribution in [1.29, 1.82) is 0 Å². The molecule has 0 aliphatic heterocycles. The van der Waals surface area contributed by atoms with E-state index < -0.39 is 16.9 Å². The second-order valence-corrected chi connectivity index (χ2v) is 5.06. The molecule has 0 saturated carbocycles. The van der Waals surface area contributed by atoms with Crippen LogP contribution in [0.1, 0.15) is 24.7 Å². The first kappa shape index (κ1) is 16.5. The van der Waals surface area contributed by atoms with Gasteiger partial charge >= 0.3 is 5.69 Å². The van der Waals surface area contributed by atoms with Gasteiger partial charge in [0.2, 0.25) is 0 Å². The fourth-order valence-corrected chi connectivity index (χ4v) is 1.98. The molecule has 0 radical (unpaired) electrons. The van der Waals surface area contributed by atoms with Crippen LogP contribution in [0.25, 0.3) is 0 Å². The molecule has 2 aromatic rings. The monoisotopic (exact) mass is 319 g/mol. The van der Waals surface area contributed by atoms with Crippen molar-refractivity contribution < 1.29 is 19.0 Å². The normalized spacial score (nSPS) is 11.8. The summed E-state index contributed by atoms with van der Waals surface area (Å²) in [4.78, 5) is 22.8. The lowest BCUT2D eigenvalue weighted by atomic mass is 10.2. The second kappa shape index (κ2) is 6.91. The summed E-state index contributed by atoms with van der Waals surface area (Å²) in [7, 11) is 0. The SMILES string of the molecule is CCC(Oc1ccc(C)cc1[N+](=O)[O-])C(=O)Nc1cc(C)on1. The molecular formula is C15H17N3O5. The number of aromatic nitrogens is 1.